The van der Waals surface area contributed by atoms with Crippen LogP contribution in [0, 0.1) is 6.92 Å². The summed E-state index contributed by atoms with van der Waals surface area (Å²) in [6.45, 7) is 2.77. The van der Waals surface area contributed by atoms with Crippen molar-refractivity contribution in [1.29, 1.82) is 0 Å². The summed E-state index contributed by atoms with van der Waals surface area (Å²) in [5, 5.41) is 6.16. The molecular weight excluding hydrogens is 309 g/mol. The number of halogens is 2. The Kier molecular flexibility index (Phi) is 3.88. The van der Waals surface area contributed by atoms with Crippen molar-refractivity contribution in [3.63, 3.8) is 0 Å². The Morgan fingerprint density at radius 2 is 1.90 bits per heavy atom. The van der Waals surface area contributed by atoms with Gasteiger partial charge in [-0.2, -0.15) is 0 Å². The highest BCUT2D eigenvalue weighted by Crippen LogP contribution is 2.35. The molecule has 0 aliphatic rings. The fourth-order valence-electron chi connectivity index (χ4n) is 2.18. The van der Waals surface area contributed by atoms with E-state index in [0.29, 0.717) is 0 Å². The van der Waals surface area contributed by atoms with Gasteiger partial charge in [-0.25, -0.2) is 0 Å². The molecular formula is C16H13Cl2NS. The van der Waals surface area contributed by atoms with E-state index in [1.54, 1.807) is 11.3 Å². The van der Waals surface area contributed by atoms with E-state index in [0.717, 1.165) is 38.1 Å². The van der Waals surface area contributed by atoms with Crippen LogP contribution in [-0.4, -0.2) is 0 Å². The number of benzene rings is 2. The average Bonchev–Trinajstić information content (AvgIpc) is 2.75. The molecule has 2 aromatic carbocycles. The van der Waals surface area contributed by atoms with E-state index in [9.17, 15) is 0 Å². The van der Waals surface area contributed by atoms with Gasteiger partial charge in [-0.15, -0.1) is 11.3 Å². The summed E-state index contributed by atoms with van der Waals surface area (Å²) in [7, 11) is 0. The summed E-state index contributed by atoms with van der Waals surface area (Å²) in [4.78, 5) is 1.15. The van der Waals surface area contributed by atoms with E-state index in [4.69, 9.17) is 23.2 Å². The monoisotopic (exact) mass is 321 g/mol. The zero-order valence-electron chi connectivity index (χ0n) is 10.9. The Morgan fingerprint density at radius 1 is 1.10 bits per heavy atom. The van der Waals surface area contributed by atoms with Crippen molar-refractivity contribution in [3.05, 3.63) is 63.0 Å². The van der Waals surface area contributed by atoms with Gasteiger partial charge in [0.2, 0.25) is 0 Å². The van der Waals surface area contributed by atoms with Gasteiger partial charge in [-0.1, -0.05) is 41.4 Å². The summed E-state index contributed by atoms with van der Waals surface area (Å²) in [6.07, 6.45) is 0. The number of aryl methyl sites for hydroxylation is 1. The standard InChI is InChI=1S/C16H13Cl2NS/c1-10-8-11(17)6-7-13(10)19-9-15-16(18)12-4-2-3-5-14(12)20-15/h2-8,19H,9H2,1H3. The van der Waals surface area contributed by atoms with Gasteiger partial charge in [-0.05, 0) is 36.8 Å². The number of nitrogens with one attached hydrogen (secondary N) is 1. The number of rotatable bonds is 3. The third-order valence-corrected chi connectivity index (χ3v) is 5.18. The summed E-state index contributed by atoms with van der Waals surface area (Å²) in [5.74, 6) is 0. The zero-order chi connectivity index (χ0) is 14.1. The van der Waals surface area contributed by atoms with Crippen molar-refractivity contribution < 1.29 is 0 Å². The highest BCUT2D eigenvalue weighted by Gasteiger charge is 2.09. The molecule has 0 saturated heterocycles. The Labute approximate surface area is 132 Å². The number of thiophene rings is 1. The Hall–Kier alpha value is -1.22. The molecule has 0 bridgehead atoms. The minimum atomic E-state index is 0.723. The molecule has 4 heteroatoms. The van der Waals surface area contributed by atoms with E-state index in [2.05, 4.69) is 17.4 Å². The first-order chi connectivity index (χ1) is 9.65. The minimum absolute atomic E-state index is 0.723. The Morgan fingerprint density at radius 3 is 2.65 bits per heavy atom. The first-order valence-corrected chi connectivity index (χ1v) is 7.88. The maximum Gasteiger partial charge on any atom is 0.0642 e. The number of hydrogen-bond donors (Lipinski definition) is 1. The van der Waals surface area contributed by atoms with Gasteiger partial charge in [0.05, 0.1) is 11.6 Å². The fourth-order valence-corrected chi connectivity index (χ4v) is 3.85. The minimum Gasteiger partial charge on any atom is -0.380 e. The third kappa shape index (κ3) is 2.64. The topological polar surface area (TPSA) is 12.0 Å². The number of anilines is 1. The third-order valence-electron chi connectivity index (χ3n) is 3.23. The van der Waals surface area contributed by atoms with E-state index >= 15 is 0 Å². The lowest BCUT2D eigenvalue weighted by Crippen LogP contribution is -1.99. The summed E-state index contributed by atoms with van der Waals surface area (Å²) in [5.41, 5.74) is 2.22. The number of hydrogen-bond acceptors (Lipinski definition) is 2. The maximum absolute atomic E-state index is 6.44. The van der Waals surface area contributed by atoms with E-state index in [-0.39, 0.29) is 0 Å². The predicted molar refractivity (Wildman–Crippen MR) is 90.4 cm³/mol. The average molecular weight is 322 g/mol. The Balaban J connectivity index is 1.85. The molecule has 20 heavy (non-hydrogen) atoms. The quantitative estimate of drug-likeness (QED) is 0.612. The highest BCUT2D eigenvalue weighted by atomic mass is 35.5. The first kappa shape index (κ1) is 13.7. The van der Waals surface area contributed by atoms with Crippen LogP contribution in [0.4, 0.5) is 5.69 Å². The van der Waals surface area contributed by atoms with Gasteiger partial charge in [0.1, 0.15) is 0 Å². The van der Waals surface area contributed by atoms with Crippen LogP contribution >= 0.6 is 34.5 Å². The molecule has 3 aromatic rings. The van der Waals surface area contributed by atoms with Crippen molar-refractivity contribution in [2.45, 2.75) is 13.5 Å². The Bertz CT molecular complexity index is 764. The van der Waals surface area contributed by atoms with E-state index in [1.807, 2.05) is 37.3 Å². The lowest BCUT2D eigenvalue weighted by Gasteiger charge is -2.09. The van der Waals surface area contributed by atoms with Crippen LogP contribution in [-0.2, 0) is 6.54 Å². The van der Waals surface area contributed by atoms with Gasteiger partial charge in [0, 0.05) is 25.7 Å². The molecule has 0 radical (unpaired) electrons. The predicted octanol–water partition coefficient (Wildman–Crippen LogP) is 6.13. The van der Waals surface area contributed by atoms with Crippen molar-refractivity contribution in [2.75, 3.05) is 5.32 Å². The van der Waals surface area contributed by atoms with E-state index in [1.165, 1.54) is 4.70 Å². The number of fused-ring (bicyclic) bond motifs is 1. The molecule has 1 nitrogen and oxygen atoms in total. The molecule has 0 fully saturated rings. The van der Waals surface area contributed by atoms with Crippen LogP contribution in [0.3, 0.4) is 0 Å². The molecule has 0 unspecified atom stereocenters. The molecule has 102 valence electrons. The summed E-state index contributed by atoms with van der Waals surface area (Å²) >= 11 is 14.1. The molecule has 0 atom stereocenters. The zero-order valence-corrected chi connectivity index (χ0v) is 13.2. The lowest BCUT2D eigenvalue weighted by atomic mass is 10.2. The fraction of sp³-hybridized carbons (Fsp3) is 0.125. The van der Waals surface area contributed by atoms with Gasteiger partial charge < -0.3 is 5.32 Å². The lowest BCUT2D eigenvalue weighted by molar-refractivity contribution is 1.18. The molecule has 0 saturated carbocycles. The molecule has 0 amide bonds. The summed E-state index contributed by atoms with van der Waals surface area (Å²) in [6, 6.07) is 14.1. The SMILES string of the molecule is Cc1cc(Cl)ccc1NCc1sc2ccccc2c1Cl. The highest BCUT2D eigenvalue weighted by molar-refractivity contribution is 7.19. The molecule has 1 N–H and O–H groups in total. The van der Waals surface area contributed by atoms with Crippen LogP contribution in [0.25, 0.3) is 10.1 Å². The van der Waals surface area contributed by atoms with Crippen LogP contribution in [0.5, 0.6) is 0 Å². The van der Waals surface area contributed by atoms with Crippen LogP contribution in [0.15, 0.2) is 42.5 Å². The van der Waals surface area contributed by atoms with Crippen molar-refractivity contribution in [2.24, 2.45) is 0 Å². The molecule has 0 aliphatic carbocycles. The molecule has 0 aliphatic heterocycles. The second kappa shape index (κ2) is 5.65. The second-order valence-corrected chi connectivity index (χ2v) is 6.60. The van der Waals surface area contributed by atoms with Gasteiger partial charge in [-0.3, -0.25) is 0 Å². The smallest absolute Gasteiger partial charge is 0.0642 e. The van der Waals surface area contributed by atoms with Crippen molar-refractivity contribution in [1.82, 2.24) is 0 Å². The first-order valence-electron chi connectivity index (χ1n) is 6.31. The molecule has 0 spiro atoms. The maximum atomic E-state index is 6.44. The van der Waals surface area contributed by atoms with Crippen LogP contribution < -0.4 is 5.32 Å². The van der Waals surface area contributed by atoms with Gasteiger partial charge in [0.15, 0.2) is 0 Å². The normalized spacial score (nSPS) is 10.9. The second-order valence-electron chi connectivity index (χ2n) is 4.65. The molecule has 1 heterocycles. The summed E-state index contributed by atoms with van der Waals surface area (Å²) < 4.78 is 1.22. The van der Waals surface area contributed by atoms with E-state index < -0.39 is 0 Å². The largest absolute Gasteiger partial charge is 0.380 e. The van der Waals surface area contributed by atoms with Crippen LogP contribution in [0.1, 0.15) is 10.4 Å². The van der Waals surface area contributed by atoms with Gasteiger partial charge >= 0.3 is 0 Å². The van der Waals surface area contributed by atoms with Crippen molar-refractivity contribution in [3.8, 4) is 0 Å². The van der Waals surface area contributed by atoms with Crippen molar-refractivity contribution >= 4 is 50.3 Å². The van der Waals surface area contributed by atoms with Crippen LogP contribution in [0.2, 0.25) is 10.0 Å². The van der Waals surface area contributed by atoms with Gasteiger partial charge in [0.25, 0.3) is 0 Å². The molecule has 1 aromatic heterocycles. The molecule has 3 rings (SSSR count).